The highest BCUT2D eigenvalue weighted by atomic mass is 32.2. The molecule has 0 aliphatic carbocycles. The number of benzene rings is 2. The number of aromatic amines is 1. The average molecular weight is 471 g/mol. The third kappa shape index (κ3) is 3.75. The average Bonchev–Trinajstić information content (AvgIpc) is 3.49. The number of H-pyrrole nitrogens is 1. The molecule has 0 bridgehead atoms. The maximum Gasteiger partial charge on any atom is 0.246 e. The Kier molecular flexibility index (Phi) is 5.13. The molecule has 1 unspecified atom stereocenters. The molecule has 1 N–H and O–H groups in total. The highest BCUT2D eigenvalue weighted by Crippen LogP contribution is 2.39. The van der Waals surface area contributed by atoms with Crippen molar-refractivity contribution in [1.82, 2.24) is 19.1 Å². The van der Waals surface area contributed by atoms with Crippen LogP contribution in [-0.4, -0.2) is 39.6 Å². The first kappa shape index (κ1) is 21.8. The highest BCUT2D eigenvalue weighted by Gasteiger charge is 2.46. The van der Waals surface area contributed by atoms with Crippen LogP contribution in [0, 0.1) is 17.6 Å². The number of rotatable bonds is 5. The molecule has 1 fully saturated rings. The molecular formula is C24H24F2N4O2S. The molecule has 1 atom stereocenters. The summed E-state index contributed by atoms with van der Waals surface area (Å²) in [4.78, 5) is -0.616. The third-order valence-electron chi connectivity index (χ3n) is 6.43. The van der Waals surface area contributed by atoms with Crippen molar-refractivity contribution in [2.24, 2.45) is 5.92 Å². The minimum Gasteiger partial charge on any atom is -0.347 e. The van der Waals surface area contributed by atoms with Gasteiger partial charge in [-0.25, -0.2) is 17.2 Å². The van der Waals surface area contributed by atoms with Crippen molar-refractivity contribution in [2.75, 3.05) is 6.54 Å². The summed E-state index contributed by atoms with van der Waals surface area (Å²) < 4.78 is 57.9. The first-order chi connectivity index (χ1) is 15.7. The van der Waals surface area contributed by atoms with E-state index in [-0.39, 0.29) is 12.5 Å². The van der Waals surface area contributed by atoms with Gasteiger partial charge in [-0.2, -0.15) is 9.40 Å². The quantitative estimate of drug-likeness (QED) is 0.456. The summed E-state index contributed by atoms with van der Waals surface area (Å²) in [7, 11) is -4.18. The van der Waals surface area contributed by atoms with Gasteiger partial charge < -0.3 is 4.57 Å². The fraction of sp³-hybridized carbons (Fsp3) is 0.292. The molecule has 33 heavy (non-hydrogen) atoms. The van der Waals surface area contributed by atoms with E-state index < -0.39 is 32.1 Å². The summed E-state index contributed by atoms with van der Waals surface area (Å²) >= 11 is 0. The van der Waals surface area contributed by atoms with E-state index in [9.17, 15) is 17.2 Å². The topological polar surface area (TPSA) is 71.0 Å². The lowest BCUT2D eigenvalue weighted by Crippen LogP contribution is -2.42. The predicted octanol–water partition coefficient (Wildman–Crippen LogP) is 4.80. The zero-order valence-electron chi connectivity index (χ0n) is 18.3. The minimum absolute atomic E-state index is 0.0237. The van der Waals surface area contributed by atoms with Crippen molar-refractivity contribution in [3.8, 4) is 11.1 Å². The lowest BCUT2D eigenvalue weighted by Gasteiger charge is -2.30. The Labute approximate surface area is 190 Å². The van der Waals surface area contributed by atoms with Gasteiger partial charge in [0.25, 0.3) is 0 Å². The number of nitrogens with one attached hydrogen (secondary N) is 1. The molecule has 0 amide bonds. The van der Waals surface area contributed by atoms with E-state index in [1.165, 1.54) is 10.4 Å². The largest absolute Gasteiger partial charge is 0.347 e. The summed E-state index contributed by atoms with van der Waals surface area (Å²) in [5.41, 5.74) is 2.40. The smallest absolute Gasteiger partial charge is 0.246 e. The van der Waals surface area contributed by atoms with Gasteiger partial charge >= 0.3 is 0 Å². The first-order valence-corrected chi connectivity index (χ1v) is 12.2. The Morgan fingerprint density at radius 2 is 1.97 bits per heavy atom. The van der Waals surface area contributed by atoms with Gasteiger partial charge in [-0.3, -0.25) is 5.10 Å². The molecule has 2 aromatic carbocycles. The number of sulfonamides is 1. The molecule has 0 spiro atoms. The lowest BCUT2D eigenvalue weighted by atomic mass is 9.97. The van der Waals surface area contributed by atoms with Crippen molar-refractivity contribution in [1.29, 1.82) is 0 Å². The third-order valence-corrected chi connectivity index (χ3v) is 8.52. The van der Waals surface area contributed by atoms with E-state index in [4.69, 9.17) is 0 Å². The number of hydrogen-bond acceptors (Lipinski definition) is 3. The highest BCUT2D eigenvalue weighted by molar-refractivity contribution is 7.89. The van der Waals surface area contributed by atoms with E-state index in [2.05, 4.69) is 20.8 Å². The minimum atomic E-state index is -4.18. The molecule has 4 aromatic rings. The number of nitrogens with zero attached hydrogens (tertiary/aromatic N) is 3. The standard InChI is InChI=1S/C24H24F2N4O2S/c1-24(2)11-16(15-30(24)33(31,32)22-5-3-4-20(25)23(22)26)14-29-9-8-18-10-17(6-7-21(18)29)19-12-27-28-13-19/h3-10,12-13,16H,11,14-15H2,1-2H3,(H,27,28). The van der Waals surface area contributed by atoms with Crippen LogP contribution in [0.5, 0.6) is 0 Å². The van der Waals surface area contributed by atoms with Gasteiger partial charge in [0.1, 0.15) is 4.90 Å². The monoisotopic (exact) mass is 470 g/mol. The van der Waals surface area contributed by atoms with Crippen molar-refractivity contribution >= 4 is 20.9 Å². The molecule has 9 heteroatoms. The summed E-state index contributed by atoms with van der Waals surface area (Å²) in [5.74, 6) is -2.48. The summed E-state index contributed by atoms with van der Waals surface area (Å²) in [6.45, 7) is 4.51. The molecule has 172 valence electrons. The lowest BCUT2D eigenvalue weighted by molar-refractivity contribution is 0.290. The molecule has 1 aliphatic heterocycles. The Hall–Kier alpha value is -3.04. The van der Waals surface area contributed by atoms with E-state index >= 15 is 0 Å². The molecule has 2 aromatic heterocycles. The molecule has 1 aliphatic rings. The van der Waals surface area contributed by atoms with Crippen molar-refractivity contribution in [3.05, 3.63) is 72.7 Å². The fourth-order valence-electron chi connectivity index (χ4n) is 4.93. The Balaban J connectivity index is 1.41. The van der Waals surface area contributed by atoms with Crippen molar-refractivity contribution in [3.63, 3.8) is 0 Å². The van der Waals surface area contributed by atoms with Crippen LogP contribution in [0.25, 0.3) is 22.0 Å². The second-order valence-corrected chi connectivity index (χ2v) is 11.0. The van der Waals surface area contributed by atoms with E-state index in [1.807, 2.05) is 44.4 Å². The summed E-state index contributed by atoms with van der Waals surface area (Å²) in [5, 5.41) is 7.90. The van der Waals surface area contributed by atoms with E-state index in [0.29, 0.717) is 13.0 Å². The summed E-state index contributed by atoms with van der Waals surface area (Å²) in [6, 6.07) is 11.5. The van der Waals surface area contributed by atoms with Gasteiger partial charge in [-0.15, -0.1) is 0 Å². The molecular weight excluding hydrogens is 446 g/mol. The SMILES string of the molecule is CC1(C)CC(Cn2ccc3cc(-c4cn[nH]c4)ccc32)CN1S(=O)(=O)c1cccc(F)c1F. The van der Waals surface area contributed by atoms with Gasteiger partial charge in [-0.1, -0.05) is 12.1 Å². The van der Waals surface area contributed by atoms with Crippen LogP contribution in [0.4, 0.5) is 8.78 Å². The van der Waals surface area contributed by atoms with E-state index in [1.54, 1.807) is 6.20 Å². The number of halogens is 2. The predicted molar refractivity (Wildman–Crippen MR) is 122 cm³/mol. The fourth-order valence-corrected chi connectivity index (χ4v) is 6.87. The van der Waals surface area contributed by atoms with Crippen molar-refractivity contribution < 1.29 is 17.2 Å². The molecule has 0 saturated carbocycles. The Morgan fingerprint density at radius 3 is 2.73 bits per heavy atom. The van der Waals surface area contributed by atoms with Crippen LogP contribution in [0.3, 0.4) is 0 Å². The maximum absolute atomic E-state index is 14.3. The molecule has 6 nitrogen and oxygen atoms in total. The van der Waals surface area contributed by atoms with Gasteiger partial charge in [0.2, 0.25) is 10.0 Å². The van der Waals surface area contributed by atoms with Crippen LogP contribution < -0.4 is 0 Å². The normalized spacial score (nSPS) is 18.8. The number of aromatic nitrogens is 3. The molecule has 1 saturated heterocycles. The van der Waals surface area contributed by atoms with Crippen LogP contribution >= 0.6 is 0 Å². The van der Waals surface area contributed by atoms with Crippen molar-refractivity contribution in [2.45, 2.75) is 37.2 Å². The maximum atomic E-state index is 14.3. The first-order valence-electron chi connectivity index (χ1n) is 10.7. The zero-order valence-corrected chi connectivity index (χ0v) is 19.1. The Bertz CT molecular complexity index is 1430. The Morgan fingerprint density at radius 1 is 1.15 bits per heavy atom. The van der Waals surface area contributed by atoms with Crippen LogP contribution in [0.2, 0.25) is 0 Å². The molecule has 0 radical (unpaired) electrons. The van der Waals surface area contributed by atoms with E-state index in [0.717, 1.165) is 34.2 Å². The van der Waals surface area contributed by atoms with Gasteiger partial charge in [0.05, 0.1) is 6.20 Å². The molecule has 5 rings (SSSR count). The van der Waals surface area contributed by atoms with Gasteiger partial charge in [-0.05, 0) is 62.1 Å². The van der Waals surface area contributed by atoms with Gasteiger partial charge in [0.15, 0.2) is 11.6 Å². The van der Waals surface area contributed by atoms with Gasteiger partial charge in [0, 0.05) is 47.5 Å². The number of fused-ring (bicyclic) bond motifs is 1. The van der Waals surface area contributed by atoms with Crippen LogP contribution in [-0.2, 0) is 16.6 Å². The second kappa shape index (κ2) is 7.78. The zero-order chi connectivity index (χ0) is 23.4. The number of hydrogen-bond donors (Lipinski definition) is 1. The second-order valence-electron chi connectivity index (χ2n) is 9.20. The molecule has 3 heterocycles. The van der Waals surface area contributed by atoms with Crippen LogP contribution in [0.15, 0.2) is 66.0 Å². The summed E-state index contributed by atoms with van der Waals surface area (Å²) in [6.07, 6.45) is 6.22. The van der Waals surface area contributed by atoms with Crippen LogP contribution in [0.1, 0.15) is 20.3 Å².